The molecule has 7 nitrogen and oxygen atoms in total. The Morgan fingerprint density at radius 3 is 2.64 bits per heavy atom. The molecule has 0 N–H and O–H groups in total. The van der Waals surface area contributed by atoms with Gasteiger partial charge in [0.25, 0.3) is 0 Å². The largest absolute Gasteiger partial charge is 0.378 e. The van der Waals surface area contributed by atoms with Gasteiger partial charge >= 0.3 is 0 Å². The van der Waals surface area contributed by atoms with Gasteiger partial charge in [0, 0.05) is 37.3 Å². The molecule has 3 aromatic rings. The van der Waals surface area contributed by atoms with E-state index in [1.54, 1.807) is 19.2 Å². The second-order valence-electron chi connectivity index (χ2n) is 7.69. The van der Waals surface area contributed by atoms with Crippen molar-refractivity contribution in [3.63, 3.8) is 0 Å². The number of benzene rings is 2. The Kier molecular flexibility index (Phi) is 7.85. The van der Waals surface area contributed by atoms with E-state index in [0.717, 1.165) is 24.6 Å². The fourth-order valence-electron chi connectivity index (χ4n) is 3.53. The van der Waals surface area contributed by atoms with Gasteiger partial charge in [0.2, 0.25) is 11.9 Å². The molecule has 0 atom stereocenters. The van der Waals surface area contributed by atoms with Gasteiger partial charge in [-0.15, -0.1) is 10.2 Å². The number of ether oxygens (including phenoxy) is 1. The monoisotopic (exact) mass is 489 g/mol. The number of morpholine rings is 1. The standard InChI is InChI=1S/C23H25ClFN5O2S/c1-28(15-18-19(24)8-5-9-20(18)25)21(31)16-33-23-27-26-22(29-10-12-32-13-11-29)30(23)14-17-6-3-2-4-7-17/h2-9H,10-16H2,1H3. The molecule has 2 heterocycles. The van der Waals surface area contributed by atoms with Crippen LogP contribution in [0.5, 0.6) is 0 Å². The molecule has 1 aliphatic heterocycles. The molecule has 4 rings (SSSR count). The predicted molar refractivity (Wildman–Crippen MR) is 127 cm³/mol. The van der Waals surface area contributed by atoms with E-state index >= 15 is 0 Å². The molecule has 2 aromatic carbocycles. The quantitative estimate of drug-likeness (QED) is 0.449. The minimum absolute atomic E-state index is 0.0979. The third-order valence-electron chi connectivity index (χ3n) is 5.38. The maximum absolute atomic E-state index is 14.1. The summed E-state index contributed by atoms with van der Waals surface area (Å²) >= 11 is 7.43. The van der Waals surface area contributed by atoms with Crippen molar-refractivity contribution < 1.29 is 13.9 Å². The number of anilines is 1. The molecule has 0 spiro atoms. The lowest BCUT2D eigenvalue weighted by molar-refractivity contribution is -0.127. The first-order chi connectivity index (χ1) is 16.0. The van der Waals surface area contributed by atoms with E-state index < -0.39 is 5.82 Å². The zero-order chi connectivity index (χ0) is 23.2. The minimum atomic E-state index is -0.424. The number of amides is 1. The fraction of sp³-hybridized carbons (Fsp3) is 0.348. The number of carbonyl (C=O) groups is 1. The van der Waals surface area contributed by atoms with Crippen LogP contribution in [0, 0.1) is 5.82 Å². The summed E-state index contributed by atoms with van der Waals surface area (Å²) in [5.74, 6) is 0.344. The summed E-state index contributed by atoms with van der Waals surface area (Å²) < 4.78 is 21.6. The van der Waals surface area contributed by atoms with Crippen LogP contribution in [-0.4, -0.2) is 64.7 Å². The Labute approximate surface area is 201 Å². The van der Waals surface area contributed by atoms with Gasteiger partial charge < -0.3 is 14.5 Å². The molecule has 1 aromatic heterocycles. The molecule has 1 saturated heterocycles. The van der Waals surface area contributed by atoms with Gasteiger partial charge in [-0.05, 0) is 17.7 Å². The molecule has 33 heavy (non-hydrogen) atoms. The third-order valence-corrected chi connectivity index (χ3v) is 6.69. The van der Waals surface area contributed by atoms with Crippen LogP contribution < -0.4 is 4.90 Å². The normalized spacial score (nSPS) is 13.8. The Balaban J connectivity index is 1.47. The number of aromatic nitrogens is 3. The van der Waals surface area contributed by atoms with Gasteiger partial charge in [0.1, 0.15) is 5.82 Å². The SMILES string of the molecule is CN(Cc1c(F)cccc1Cl)C(=O)CSc1nnc(N2CCOCC2)n1Cc1ccccc1. The number of carbonyl (C=O) groups excluding carboxylic acids is 1. The van der Waals surface area contributed by atoms with E-state index in [0.29, 0.717) is 35.5 Å². The smallest absolute Gasteiger partial charge is 0.233 e. The van der Waals surface area contributed by atoms with E-state index in [1.165, 1.54) is 22.7 Å². The van der Waals surface area contributed by atoms with Crippen LogP contribution in [0.1, 0.15) is 11.1 Å². The molecule has 1 fully saturated rings. The lowest BCUT2D eigenvalue weighted by Crippen LogP contribution is -2.38. The minimum Gasteiger partial charge on any atom is -0.378 e. The van der Waals surface area contributed by atoms with Gasteiger partial charge in [0.15, 0.2) is 5.16 Å². The van der Waals surface area contributed by atoms with Gasteiger partial charge in [-0.2, -0.15) is 0 Å². The van der Waals surface area contributed by atoms with E-state index in [1.807, 2.05) is 22.8 Å². The van der Waals surface area contributed by atoms with E-state index in [9.17, 15) is 9.18 Å². The molecule has 0 saturated carbocycles. The highest BCUT2D eigenvalue weighted by molar-refractivity contribution is 7.99. The van der Waals surface area contributed by atoms with Crippen LogP contribution in [0.4, 0.5) is 10.3 Å². The summed E-state index contributed by atoms with van der Waals surface area (Å²) in [6.45, 7) is 3.45. The zero-order valence-corrected chi connectivity index (χ0v) is 19.9. The van der Waals surface area contributed by atoms with Crippen LogP contribution in [-0.2, 0) is 22.6 Å². The number of hydrogen-bond acceptors (Lipinski definition) is 6. The van der Waals surface area contributed by atoms with Crippen molar-refractivity contribution in [2.45, 2.75) is 18.2 Å². The average Bonchev–Trinajstić information content (AvgIpc) is 3.23. The average molecular weight is 490 g/mol. The molecule has 1 amide bonds. The molecule has 0 unspecified atom stereocenters. The Hall–Kier alpha value is -2.62. The van der Waals surface area contributed by atoms with Gasteiger partial charge in [-0.1, -0.05) is 59.8 Å². The molecule has 0 aliphatic carbocycles. The zero-order valence-electron chi connectivity index (χ0n) is 18.3. The summed E-state index contributed by atoms with van der Waals surface area (Å²) in [5.41, 5.74) is 1.42. The first kappa shape index (κ1) is 23.5. The fourth-order valence-corrected chi connectivity index (χ4v) is 4.63. The number of halogens is 2. The van der Waals surface area contributed by atoms with E-state index in [4.69, 9.17) is 16.3 Å². The van der Waals surface area contributed by atoms with Crippen molar-refractivity contribution in [1.29, 1.82) is 0 Å². The Morgan fingerprint density at radius 1 is 1.15 bits per heavy atom. The number of thioether (sulfide) groups is 1. The summed E-state index contributed by atoms with van der Waals surface area (Å²) in [4.78, 5) is 16.4. The van der Waals surface area contributed by atoms with Crippen LogP contribution in [0.2, 0.25) is 5.02 Å². The molecular weight excluding hydrogens is 465 g/mol. The molecule has 1 aliphatic rings. The van der Waals surface area contributed by atoms with E-state index in [2.05, 4.69) is 27.2 Å². The summed E-state index contributed by atoms with van der Waals surface area (Å²) in [6.07, 6.45) is 0. The van der Waals surface area contributed by atoms with Crippen molar-refractivity contribution in [3.8, 4) is 0 Å². The highest BCUT2D eigenvalue weighted by Crippen LogP contribution is 2.25. The third kappa shape index (κ3) is 5.85. The number of rotatable bonds is 8. The second kappa shape index (κ2) is 11.0. The summed E-state index contributed by atoms with van der Waals surface area (Å²) in [7, 11) is 1.64. The maximum Gasteiger partial charge on any atom is 0.233 e. The van der Waals surface area contributed by atoms with Crippen molar-refractivity contribution in [3.05, 3.63) is 70.5 Å². The Bertz CT molecular complexity index is 1070. The highest BCUT2D eigenvalue weighted by Gasteiger charge is 2.22. The topological polar surface area (TPSA) is 63.5 Å². The van der Waals surface area contributed by atoms with Crippen LogP contribution >= 0.6 is 23.4 Å². The van der Waals surface area contributed by atoms with Crippen LogP contribution in [0.15, 0.2) is 53.7 Å². The van der Waals surface area contributed by atoms with Crippen molar-refractivity contribution in [1.82, 2.24) is 19.7 Å². The first-order valence-electron chi connectivity index (χ1n) is 10.6. The summed E-state index contributed by atoms with van der Waals surface area (Å²) in [5, 5.41) is 9.76. The summed E-state index contributed by atoms with van der Waals surface area (Å²) in [6, 6.07) is 14.6. The first-order valence-corrected chi connectivity index (χ1v) is 12.0. The highest BCUT2D eigenvalue weighted by atomic mass is 35.5. The maximum atomic E-state index is 14.1. The molecule has 0 radical (unpaired) electrons. The van der Waals surface area contributed by atoms with Crippen molar-refractivity contribution in [2.75, 3.05) is 44.0 Å². The molecule has 10 heteroatoms. The van der Waals surface area contributed by atoms with Crippen LogP contribution in [0.3, 0.4) is 0 Å². The molecular formula is C23H25ClFN5O2S. The predicted octanol–water partition coefficient (Wildman–Crippen LogP) is 3.71. The van der Waals surface area contributed by atoms with Gasteiger partial charge in [-0.25, -0.2) is 4.39 Å². The lowest BCUT2D eigenvalue weighted by atomic mass is 10.2. The Morgan fingerprint density at radius 2 is 1.91 bits per heavy atom. The van der Waals surface area contributed by atoms with E-state index in [-0.39, 0.29) is 18.2 Å². The second-order valence-corrected chi connectivity index (χ2v) is 9.04. The molecule has 0 bridgehead atoms. The van der Waals surface area contributed by atoms with Gasteiger partial charge in [0.05, 0.1) is 25.5 Å². The lowest BCUT2D eigenvalue weighted by Gasteiger charge is -2.28. The van der Waals surface area contributed by atoms with Crippen LogP contribution in [0.25, 0.3) is 0 Å². The van der Waals surface area contributed by atoms with Crippen molar-refractivity contribution >= 4 is 35.2 Å². The van der Waals surface area contributed by atoms with Gasteiger partial charge in [-0.3, -0.25) is 9.36 Å². The van der Waals surface area contributed by atoms with Crippen molar-refractivity contribution in [2.24, 2.45) is 0 Å². The number of nitrogens with zero attached hydrogens (tertiary/aromatic N) is 5. The molecule has 174 valence electrons. The number of hydrogen-bond donors (Lipinski definition) is 0.